The van der Waals surface area contributed by atoms with Crippen molar-refractivity contribution in [1.82, 2.24) is 10.2 Å². The molecule has 2 rings (SSSR count). The normalized spacial score (nSPS) is 27.1. The predicted molar refractivity (Wildman–Crippen MR) is 63.8 cm³/mol. The van der Waals surface area contributed by atoms with Gasteiger partial charge in [-0.3, -0.25) is 4.79 Å². The number of ether oxygens (including phenoxy) is 2. The molecule has 1 amide bonds. The number of nitrogens with zero attached hydrogens (tertiary/aromatic N) is 1. The molecule has 0 spiro atoms. The van der Waals surface area contributed by atoms with Gasteiger partial charge >= 0.3 is 0 Å². The van der Waals surface area contributed by atoms with Crippen LogP contribution in [0.5, 0.6) is 0 Å². The second-order valence-electron chi connectivity index (χ2n) is 4.76. The van der Waals surface area contributed by atoms with E-state index < -0.39 is 0 Å². The summed E-state index contributed by atoms with van der Waals surface area (Å²) in [5.74, 6) is 0.116. The van der Waals surface area contributed by atoms with E-state index in [1.54, 1.807) is 0 Å². The van der Waals surface area contributed by atoms with Crippen LogP contribution in [-0.2, 0) is 14.3 Å². The molecule has 2 aliphatic heterocycles. The number of carbonyl (C=O) groups excluding carboxylic acids is 1. The van der Waals surface area contributed by atoms with Gasteiger partial charge in [0, 0.05) is 38.9 Å². The highest BCUT2D eigenvalue weighted by molar-refractivity contribution is 5.77. The Bertz CT molecular complexity index is 254. The number of nitrogens with one attached hydrogen (secondary N) is 1. The number of hydrogen-bond donors (Lipinski definition) is 1. The smallest absolute Gasteiger partial charge is 0.248 e. The van der Waals surface area contributed by atoms with Crippen LogP contribution in [0.1, 0.15) is 19.8 Å². The highest BCUT2D eigenvalue weighted by atomic mass is 16.5. The number of hydrogen-bond acceptors (Lipinski definition) is 4. The Kier molecular flexibility index (Phi) is 4.76. The van der Waals surface area contributed by atoms with Gasteiger partial charge in [0.25, 0.3) is 0 Å². The van der Waals surface area contributed by atoms with Gasteiger partial charge in [-0.1, -0.05) is 0 Å². The Morgan fingerprint density at radius 3 is 2.94 bits per heavy atom. The predicted octanol–water partition coefficient (Wildman–Crippen LogP) is 0.00230. The fourth-order valence-electron chi connectivity index (χ4n) is 2.33. The van der Waals surface area contributed by atoms with Crippen LogP contribution in [0.4, 0.5) is 0 Å². The van der Waals surface area contributed by atoms with Crippen LogP contribution in [0.25, 0.3) is 0 Å². The average molecular weight is 242 g/mol. The molecule has 98 valence electrons. The summed E-state index contributed by atoms with van der Waals surface area (Å²) in [6, 6.07) is 0.273. The molecule has 0 aromatic heterocycles. The molecule has 5 heteroatoms. The summed E-state index contributed by atoms with van der Waals surface area (Å²) in [4.78, 5) is 13.9. The van der Waals surface area contributed by atoms with Crippen LogP contribution in [0.15, 0.2) is 0 Å². The van der Waals surface area contributed by atoms with Gasteiger partial charge in [-0.05, 0) is 19.8 Å². The summed E-state index contributed by atoms with van der Waals surface area (Å²) >= 11 is 0. The van der Waals surface area contributed by atoms with Gasteiger partial charge in [0.15, 0.2) is 0 Å². The van der Waals surface area contributed by atoms with Crippen molar-refractivity contribution < 1.29 is 14.3 Å². The molecule has 1 N–H and O–H groups in total. The fourth-order valence-corrected chi connectivity index (χ4v) is 2.33. The van der Waals surface area contributed by atoms with Crippen LogP contribution < -0.4 is 5.32 Å². The monoisotopic (exact) mass is 242 g/mol. The summed E-state index contributed by atoms with van der Waals surface area (Å²) in [5, 5.41) is 3.27. The van der Waals surface area contributed by atoms with Crippen LogP contribution in [-0.4, -0.2) is 62.4 Å². The molecule has 2 aliphatic rings. The van der Waals surface area contributed by atoms with Crippen LogP contribution in [0, 0.1) is 0 Å². The highest BCUT2D eigenvalue weighted by Gasteiger charge is 2.24. The van der Waals surface area contributed by atoms with E-state index in [1.165, 1.54) is 0 Å². The summed E-state index contributed by atoms with van der Waals surface area (Å²) in [6.45, 7) is 6.34. The largest absolute Gasteiger partial charge is 0.381 e. The molecule has 17 heavy (non-hydrogen) atoms. The molecule has 5 nitrogen and oxygen atoms in total. The number of rotatable bonds is 3. The Labute approximate surface area is 102 Å². The standard InChI is InChI=1S/C12H22N2O3/c1-10-8-13-4-5-14(10)12(15)9-17-11-2-6-16-7-3-11/h10-11,13H,2-9H2,1H3/t10-/m0/s1. The van der Waals surface area contributed by atoms with Crippen molar-refractivity contribution in [3.63, 3.8) is 0 Å². The van der Waals surface area contributed by atoms with E-state index in [2.05, 4.69) is 12.2 Å². The Morgan fingerprint density at radius 2 is 2.24 bits per heavy atom. The molecule has 2 saturated heterocycles. The lowest BCUT2D eigenvalue weighted by molar-refractivity contribution is -0.143. The van der Waals surface area contributed by atoms with Gasteiger partial charge in [0.1, 0.15) is 6.61 Å². The summed E-state index contributed by atoms with van der Waals surface area (Å²) < 4.78 is 10.9. The lowest BCUT2D eigenvalue weighted by Crippen LogP contribution is -2.53. The Balaban J connectivity index is 1.72. The van der Waals surface area contributed by atoms with Gasteiger partial charge in [0.2, 0.25) is 5.91 Å². The zero-order valence-electron chi connectivity index (χ0n) is 10.5. The fraction of sp³-hybridized carbons (Fsp3) is 0.917. The minimum atomic E-state index is 0.116. The quantitative estimate of drug-likeness (QED) is 0.757. The van der Waals surface area contributed by atoms with Crippen molar-refractivity contribution in [3.8, 4) is 0 Å². The topological polar surface area (TPSA) is 50.8 Å². The third-order valence-electron chi connectivity index (χ3n) is 3.43. The third-order valence-corrected chi connectivity index (χ3v) is 3.43. The zero-order chi connectivity index (χ0) is 12.1. The zero-order valence-corrected chi connectivity index (χ0v) is 10.5. The lowest BCUT2D eigenvalue weighted by Gasteiger charge is -2.34. The first-order valence-corrected chi connectivity index (χ1v) is 6.47. The molecular formula is C12H22N2O3. The first-order valence-electron chi connectivity index (χ1n) is 6.47. The maximum Gasteiger partial charge on any atom is 0.248 e. The minimum absolute atomic E-state index is 0.116. The van der Waals surface area contributed by atoms with E-state index >= 15 is 0 Å². The van der Waals surface area contributed by atoms with Gasteiger partial charge in [-0.15, -0.1) is 0 Å². The van der Waals surface area contributed by atoms with Crippen molar-refractivity contribution in [2.75, 3.05) is 39.5 Å². The minimum Gasteiger partial charge on any atom is -0.381 e. The van der Waals surface area contributed by atoms with E-state index in [0.717, 1.165) is 45.7 Å². The van der Waals surface area contributed by atoms with Crippen LogP contribution >= 0.6 is 0 Å². The van der Waals surface area contributed by atoms with Crippen molar-refractivity contribution >= 4 is 5.91 Å². The molecule has 0 bridgehead atoms. The van der Waals surface area contributed by atoms with Crippen molar-refractivity contribution in [3.05, 3.63) is 0 Å². The van der Waals surface area contributed by atoms with Crippen molar-refractivity contribution in [2.45, 2.75) is 31.9 Å². The average Bonchev–Trinajstić information content (AvgIpc) is 2.38. The van der Waals surface area contributed by atoms with E-state index in [9.17, 15) is 4.79 Å². The van der Waals surface area contributed by atoms with Gasteiger partial charge in [-0.25, -0.2) is 0 Å². The second kappa shape index (κ2) is 6.33. The first kappa shape index (κ1) is 12.8. The SMILES string of the molecule is C[C@H]1CNCCN1C(=O)COC1CCOCC1. The molecular weight excluding hydrogens is 220 g/mol. The van der Waals surface area contributed by atoms with Crippen LogP contribution in [0.2, 0.25) is 0 Å². The molecule has 0 unspecified atom stereocenters. The van der Waals surface area contributed by atoms with E-state index in [0.29, 0.717) is 0 Å². The molecule has 0 saturated carbocycles. The van der Waals surface area contributed by atoms with Crippen LogP contribution in [0.3, 0.4) is 0 Å². The second-order valence-corrected chi connectivity index (χ2v) is 4.76. The van der Waals surface area contributed by atoms with Crippen molar-refractivity contribution in [1.29, 1.82) is 0 Å². The summed E-state index contributed by atoms with van der Waals surface area (Å²) in [7, 11) is 0. The van der Waals surface area contributed by atoms with Gasteiger partial charge in [-0.2, -0.15) is 0 Å². The Hall–Kier alpha value is -0.650. The third kappa shape index (κ3) is 3.66. The molecule has 0 aliphatic carbocycles. The molecule has 2 fully saturated rings. The van der Waals surface area contributed by atoms with E-state index in [1.807, 2.05) is 4.90 Å². The van der Waals surface area contributed by atoms with Crippen molar-refractivity contribution in [2.24, 2.45) is 0 Å². The maximum atomic E-state index is 12.0. The molecule has 0 aromatic carbocycles. The molecule has 2 heterocycles. The lowest BCUT2D eigenvalue weighted by atomic mass is 10.1. The maximum absolute atomic E-state index is 12.0. The summed E-state index contributed by atoms with van der Waals surface area (Å²) in [5.41, 5.74) is 0. The number of piperazine rings is 1. The number of carbonyl (C=O) groups is 1. The van der Waals surface area contributed by atoms with E-state index in [4.69, 9.17) is 9.47 Å². The molecule has 0 radical (unpaired) electrons. The first-order chi connectivity index (χ1) is 8.27. The number of amides is 1. The van der Waals surface area contributed by atoms with E-state index in [-0.39, 0.29) is 24.7 Å². The highest BCUT2D eigenvalue weighted by Crippen LogP contribution is 2.11. The summed E-state index contributed by atoms with van der Waals surface area (Å²) in [6.07, 6.45) is 2.01. The molecule has 1 atom stereocenters. The van der Waals surface area contributed by atoms with Gasteiger partial charge < -0.3 is 19.7 Å². The van der Waals surface area contributed by atoms with Gasteiger partial charge in [0.05, 0.1) is 6.10 Å². The Morgan fingerprint density at radius 1 is 1.47 bits per heavy atom. The molecule has 0 aromatic rings.